The minimum atomic E-state index is -0.151. The molecule has 2 rings (SSSR count). The smallest absolute Gasteiger partial charge is 0.318 e. The molecule has 0 radical (unpaired) electrons. The number of hydrogen-bond donors (Lipinski definition) is 1. The molecule has 1 heterocycles. The van der Waals surface area contributed by atoms with Crippen molar-refractivity contribution in [3.63, 3.8) is 0 Å². The maximum Gasteiger partial charge on any atom is 0.318 e. The highest BCUT2D eigenvalue weighted by Crippen LogP contribution is 2.34. The van der Waals surface area contributed by atoms with Crippen molar-refractivity contribution in [3.8, 4) is 5.75 Å². The van der Waals surface area contributed by atoms with Crippen molar-refractivity contribution in [2.24, 2.45) is 0 Å². The molecule has 0 spiro atoms. The fourth-order valence-corrected chi connectivity index (χ4v) is 1.67. The fraction of sp³-hybridized carbons (Fsp3) is 0.364. The summed E-state index contributed by atoms with van der Waals surface area (Å²) in [5.41, 5.74) is 2.18. The molecule has 1 aliphatic rings. The predicted octanol–water partition coefficient (Wildman–Crippen LogP) is 1.43. The number of nitrogens with one attached hydrogen (secondary N) is 1. The average Bonchev–Trinajstić information content (AvgIpc) is 2.45. The van der Waals surface area contributed by atoms with E-state index < -0.39 is 0 Å². The Morgan fingerprint density at radius 3 is 3.00 bits per heavy atom. The number of carbonyl (C=O) groups excluding carboxylic acids is 1. The van der Waals surface area contributed by atoms with Gasteiger partial charge in [-0.05, 0) is 31.7 Å². The Morgan fingerprint density at radius 2 is 2.29 bits per heavy atom. The molecule has 1 aliphatic heterocycles. The van der Waals surface area contributed by atoms with Crippen molar-refractivity contribution in [1.82, 2.24) is 5.32 Å². The fourth-order valence-electron chi connectivity index (χ4n) is 1.67. The van der Waals surface area contributed by atoms with Crippen molar-refractivity contribution in [1.29, 1.82) is 0 Å². The molecule has 0 fully saturated rings. The molecule has 1 atom stereocenters. The Kier molecular flexibility index (Phi) is 2.25. The minimum absolute atomic E-state index is 0.123. The molecule has 3 nitrogen and oxygen atoms in total. The van der Waals surface area contributed by atoms with Gasteiger partial charge in [0.25, 0.3) is 0 Å². The number of ether oxygens (including phenoxy) is 1. The van der Waals surface area contributed by atoms with E-state index in [0.717, 1.165) is 12.1 Å². The number of hydrogen-bond acceptors (Lipinski definition) is 3. The number of carbonyl (C=O) groups is 1. The molecule has 0 aliphatic carbocycles. The van der Waals surface area contributed by atoms with Crippen molar-refractivity contribution in [2.45, 2.75) is 19.4 Å². The number of benzene rings is 1. The van der Waals surface area contributed by atoms with E-state index in [4.69, 9.17) is 4.74 Å². The first kappa shape index (κ1) is 9.21. The summed E-state index contributed by atoms with van der Waals surface area (Å²) >= 11 is 0. The lowest BCUT2D eigenvalue weighted by Gasteiger charge is -2.03. The summed E-state index contributed by atoms with van der Waals surface area (Å²) in [6, 6.07) is 5.87. The second-order valence-corrected chi connectivity index (χ2v) is 3.55. The zero-order valence-corrected chi connectivity index (χ0v) is 8.33. The Hall–Kier alpha value is -1.35. The summed E-state index contributed by atoms with van der Waals surface area (Å²) in [7, 11) is 1.90. The van der Waals surface area contributed by atoms with Crippen molar-refractivity contribution in [2.75, 3.05) is 7.05 Å². The second kappa shape index (κ2) is 3.42. The molecule has 1 aromatic rings. The Bertz CT molecular complexity index is 374. The first-order valence-electron chi connectivity index (χ1n) is 4.71. The summed E-state index contributed by atoms with van der Waals surface area (Å²) in [6.45, 7) is 2.69. The van der Waals surface area contributed by atoms with Gasteiger partial charge in [-0.15, -0.1) is 0 Å². The van der Waals surface area contributed by atoms with Crippen molar-refractivity contribution in [3.05, 3.63) is 29.3 Å². The van der Waals surface area contributed by atoms with Crippen LogP contribution in [0.1, 0.15) is 24.0 Å². The molecule has 0 amide bonds. The van der Waals surface area contributed by atoms with Crippen LogP contribution in [0.4, 0.5) is 0 Å². The van der Waals surface area contributed by atoms with Crippen LogP contribution in [0.5, 0.6) is 5.75 Å². The highest BCUT2D eigenvalue weighted by Gasteiger charge is 2.28. The molecule has 0 saturated carbocycles. The molecule has 1 N–H and O–H groups in total. The van der Waals surface area contributed by atoms with Crippen LogP contribution in [0.2, 0.25) is 0 Å². The van der Waals surface area contributed by atoms with Crippen LogP contribution in [0.3, 0.4) is 0 Å². The van der Waals surface area contributed by atoms with Gasteiger partial charge in [0.15, 0.2) is 0 Å². The highest BCUT2D eigenvalue weighted by atomic mass is 16.5. The summed E-state index contributed by atoms with van der Waals surface area (Å²) in [5.74, 6) is 0.436. The van der Waals surface area contributed by atoms with E-state index in [1.165, 1.54) is 5.56 Å². The lowest BCUT2D eigenvalue weighted by atomic mass is 10.0. The topological polar surface area (TPSA) is 38.3 Å². The van der Waals surface area contributed by atoms with Crippen LogP contribution in [-0.2, 0) is 11.3 Å². The predicted molar refractivity (Wildman–Crippen MR) is 53.3 cm³/mol. The SMILES string of the molecule is CNCc1ccc2c(c1)C(C)C(=O)O2. The summed E-state index contributed by atoms with van der Waals surface area (Å²) in [6.07, 6.45) is 0. The average molecular weight is 191 g/mol. The molecular formula is C11H13NO2. The third kappa shape index (κ3) is 1.40. The van der Waals surface area contributed by atoms with Gasteiger partial charge in [-0.1, -0.05) is 6.07 Å². The van der Waals surface area contributed by atoms with Crippen LogP contribution < -0.4 is 10.1 Å². The Labute approximate surface area is 83.1 Å². The van der Waals surface area contributed by atoms with E-state index in [0.29, 0.717) is 5.75 Å². The van der Waals surface area contributed by atoms with Gasteiger partial charge in [0.05, 0.1) is 5.92 Å². The number of fused-ring (bicyclic) bond motifs is 1. The molecule has 0 bridgehead atoms. The maximum atomic E-state index is 11.3. The van der Waals surface area contributed by atoms with Crippen LogP contribution in [-0.4, -0.2) is 13.0 Å². The molecule has 1 aromatic carbocycles. The summed E-state index contributed by atoms with van der Waals surface area (Å²) in [4.78, 5) is 11.3. The van der Waals surface area contributed by atoms with Gasteiger partial charge in [-0.3, -0.25) is 4.79 Å². The van der Waals surface area contributed by atoms with Gasteiger partial charge in [0.2, 0.25) is 0 Å². The number of esters is 1. The third-order valence-electron chi connectivity index (χ3n) is 2.49. The lowest BCUT2D eigenvalue weighted by Crippen LogP contribution is -2.06. The van der Waals surface area contributed by atoms with Gasteiger partial charge in [-0.2, -0.15) is 0 Å². The van der Waals surface area contributed by atoms with E-state index >= 15 is 0 Å². The highest BCUT2D eigenvalue weighted by molar-refractivity contribution is 5.85. The van der Waals surface area contributed by atoms with E-state index in [2.05, 4.69) is 5.32 Å². The third-order valence-corrected chi connectivity index (χ3v) is 2.49. The second-order valence-electron chi connectivity index (χ2n) is 3.55. The standard InChI is InChI=1S/C11H13NO2/c1-7-9-5-8(6-12-2)3-4-10(9)14-11(7)13/h3-5,7,12H,6H2,1-2H3. The van der Waals surface area contributed by atoms with Gasteiger partial charge in [0, 0.05) is 12.1 Å². The Balaban J connectivity index is 2.36. The molecule has 74 valence electrons. The molecular weight excluding hydrogens is 178 g/mol. The quantitative estimate of drug-likeness (QED) is 0.567. The zero-order chi connectivity index (χ0) is 10.1. The molecule has 0 saturated heterocycles. The summed E-state index contributed by atoms with van der Waals surface area (Å²) in [5, 5.41) is 3.08. The largest absolute Gasteiger partial charge is 0.426 e. The molecule has 3 heteroatoms. The van der Waals surface area contributed by atoms with Crippen LogP contribution in [0.25, 0.3) is 0 Å². The molecule has 1 unspecified atom stereocenters. The van der Waals surface area contributed by atoms with Gasteiger partial charge in [0.1, 0.15) is 5.75 Å². The minimum Gasteiger partial charge on any atom is -0.426 e. The lowest BCUT2D eigenvalue weighted by molar-refractivity contribution is -0.133. The zero-order valence-electron chi connectivity index (χ0n) is 8.33. The van der Waals surface area contributed by atoms with E-state index in [-0.39, 0.29) is 11.9 Å². The van der Waals surface area contributed by atoms with Crippen molar-refractivity contribution >= 4 is 5.97 Å². The van der Waals surface area contributed by atoms with Crippen LogP contribution in [0, 0.1) is 0 Å². The normalized spacial score (nSPS) is 19.3. The summed E-state index contributed by atoms with van der Waals surface area (Å²) < 4.78 is 5.09. The van der Waals surface area contributed by atoms with Gasteiger partial charge >= 0.3 is 5.97 Å². The van der Waals surface area contributed by atoms with Crippen LogP contribution >= 0.6 is 0 Å². The molecule has 0 aromatic heterocycles. The number of rotatable bonds is 2. The molecule has 14 heavy (non-hydrogen) atoms. The van der Waals surface area contributed by atoms with Gasteiger partial charge < -0.3 is 10.1 Å². The van der Waals surface area contributed by atoms with Crippen LogP contribution in [0.15, 0.2) is 18.2 Å². The van der Waals surface area contributed by atoms with Gasteiger partial charge in [-0.25, -0.2) is 0 Å². The maximum absolute atomic E-state index is 11.3. The van der Waals surface area contributed by atoms with E-state index in [1.54, 1.807) is 0 Å². The first-order valence-corrected chi connectivity index (χ1v) is 4.71. The van der Waals surface area contributed by atoms with E-state index in [9.17, 15) is 4.79 Å². The first-order chi connectivity index (χ1) is 6.72. The Morgan fingerprint density at radius 1 is 1.50 bits per heavy atom. The van der Waals surface area contributed by atoms with Crippen molar-refractivity contribution < 1.29 is 9.53 Å². The monoisotopic (exact) mass is 191 g/mol. The van der Waals surface area contributed by atoms with E-state index in [1.807, 2.05) is 32.2 Å².